The van der Waals surface area contributed by atoms with Gasteiger partial charge in [-0.2, -0.15) is 0 Å². The van der Waals surface area contributed by atoms with Crippen molar-refractivity contribution in [2.45, 2.75) is 33.1 Å². The maximum absolute atomic E-state index is 12.9. The van der Waals surface area contributed by atoms with Gasteiger partial charge in [0.1, 0.15) is 0 Å². The van der Waals surface area contributed by atoms with Crippen molar-refractivity contribution in [3.05, 3.63) is 196 Å². The summed E-state index contributed by atoms with van der Waals surface area (Å²) in [6.45, 7) is 3.52. The number of halogens is 3. The van der Waals surface area contributed by atoms with E-state index in [0.717, 1.165) is 23.2 Å². The minimum absolute atomic E-state index is 0.00725. The van der Waals surface area contributed by atoms with Crippen LogP contribution in [0.15, 0.2) is 146 Å². The van der Waals surface area contributed by atoms with E-state index in [1.54, 1.807) is 36.4 Å². The van der Waals surface area contributed by atoms with Gasteiger partial charge in [0.25, 0.3) is 15.7 Å². The average molecular weight is 851 g/mol. The summed E-state index contributed by atoms with van der Waals surface area (Å²) in [7, 11) is 0. The van der Waals surface area contributed by atoms with Gasteiger partial charge in [-0.25, -0.2) is 0 Å². The topological polar surface area (TPSA) is 180 Å². The number of nitrogen functional groups attached to an aromatic ring is 3. The standard InChI is InChI=1S/C26H24O3.C9H3Cl3O3.C6H8N2.C6H7N/c1-3-19-10-7-11-21(12-19)14-26(29)24-16-22(18(2)27)15-23(17-24)25(28)13-20-8-5-4-6-9-20;10-7(13)4-1-5(8(11)14)3-6(2-4)9(12)15;7-5-2-1-3-6(8)4-5;7-6-4-2-1-3-5-6/h4-12,15-17H,3,13-14H2,1-2H3;1-3H;1-4H,7-8H2;1-5H,7H2. The van der Waals surface area contributed by atoms with E-state index in [-0.39, 0.29) is 46.9 Å². The summed E-state index contributed by atoms with van der Waals surface area (Å²) < 4.78 is 0. The number of nitrogens with two attached hydrogens (primary N) is 3. The van der Waals surface area contributed by atoms with Gasteiger partial charge in [-0.15, -0.1) is 0 Å². The minimum Gasteiger partial charge on any atom is -0.399 e. The smallest absolute Gasteiger partial charge is 0.252 e. The van der Waals surface area contributed by atoms with Crippen molar-refractivity contribution in [2.24, 2.45) is 0 Å². The van der Waals surface area contributed by atoms with E-state index < -0.39 is 15.7 Å². The molecule has 0 spiro atoms. The highest BCUT2D eigenvalue weighted by atomic mass is 35.5. The van der Waals surface area contributed by atoms with Crippen LogP contribution in [0.3, 0.4) is 0 Å². The molecule has 9 nitrogen and oxygen atoms in total. The fourth-order valence-electron chi connectivity index (χ4n) is 5.26. The van der Waals surface area contributed by atoms with Crippen LogP contribution in [0.4, 0.5) is 17.1 Å². The van der Waals surface area contributed by atoms with Gasteiger partial charge in [-0.05, 0) is 132 Å². The second kappa shape index (κ2) is 23.7. The SMILES string of the molecule is CCc1cccc(CC(=O)c2cc(C(C)=O)cc(C(=O)Cc3ccccc3)c2)c1.Nc1cccc(N)c1.Nc1ccccc1.O=C(Cl)c1cc(C(=O)Cl)cc(C(=O)Cl)c1. The molecule has 59 heavy (non-hydrogen) atoms. The molecule has 0 atom stereocenters. The maximum Gasteiger partial charge on any atom is 0.252 e. The Bertz CT molecular complexity index is 2330. The molecule has 0 saturated carbocycles. The minimum atomic E-state index is -0.797. The zero-order valence-corrected chi connectivity index (χ0v) is 34.6. The maximum atomic E-state index is 12.9. The zero-order valence-electron chi connectivity index (χ0n) is 32.3. The summed E-state index contributed by atoms with van der Waals surface area (Å²) in [5.41, 5.74) is 22.5. The Morgan fingerprint density at radius 2 is 0.763 bits per heavy atom. The van der Waals surface area contributed by atoms with Gasteiger partial charge in [0.15, 0.2) is 17.3 Å². The van der Waals surface area contributed by atoms with Crippen molar-refractivity contribution in [3.63, 3.8) is 0 Å². The lowest BCUT2D eigenvalue weighted by Crippen LogP contribution is -2.10. The van der Waals surface area contributed by atoms with Crippen molar-refractivity contribution in [2.75, 3.05) is 17.2 Å². The highest BCUT2D eigenvalue weighted by molar-refractivity contribution is 6.70. The first kappa shape index (κ1) is 47.0. The number of rotatable bonds is 11. The molecule has 6 N–H and O–H groups in total. The van der Waals surface area contributed by atoms with Crippen LogP contribution in [-0.2, 0) is 19.3 Å². The number of hydrogen-bond acceptors (Lipinski definition) is 9. The van der Waals surface area contributed by atoms with Gasteiger partial charge < -0.3 is 17.2 Å². The number of aryl methyl sites for hydroxylation is 1. The van der Waals surface area contributed by atoms with Gasteiger partial charge in [-0.1, -0.05) is 85.8 Å². The molecular weight excluding hydrogens is 809 g/mol. The second-order valence-electron chi connectivity index (χ2n) is 12.9. The summed E-state index contributed by atoms with van der Waals surface area (Å²) in [5, 5.41) is -2.39. The first-order valence-corrected chi connectivity index (χ1v) is 19.2. The Hall–Kier alpha value is -6.39. The van der Waals surface area contributed by atoms with Crippen molar-refractivity contribution in [3.8, 4) is 0 Å². The largest absolute Gasteiger partial charge is 0.399 e. The summed E-state index contributed by atoms with van der Waals surface area (Å²) >= 11 is 15.6. The van der Waals surface area contributed by atoms with E-state index in [0.29, 0.717) is 28.1 Å². The quantitative estimate of drug-likeness (QED) is 0.0649. The molecular formula is C47H42Cl3N3O6. The van der Waals surface area contributed by atoms with Crippen molar-refractivity contribution in [1.29, 1.82) is 0 Å². The fourth-order valence-corrected chi connectivity index (χ4v) is 5.59. The van der Waals surface area contributed by atoms with Crippen LogP contribution in [0.25, 0.3) is 0 Å². The molecule has 0 radical (unpaired) electrons. The van der Waals surface area contributed by atoms with Crippen LogP contribution < -0.4 is 17.2 Å². The molecule has 6 aromatic carbocycles. The van der Waals surface area contributed by atoms with Crippen LogP contribution in [0.2, 0.25) is 0 Å². The molecule has 0 aliphatic heterocycles. The van der Waals surface area contributed by atoms with Gasteiger partial charge in [0.05, 0.1) is 0 Å². The molecule has 0 fully saturated rings. The molecule has 0 aliphatic rings. The Balaban J connectivity index is 0.000000254. The molecule has 12 heteroatoms. The molecule has 0 amide bonds. The van der Waals surface area contributed by atoms with Crippen LogP contribution in [-0.4, -0.2) is 33.1 Å². The van der Waals surface area contributed by atoms with Crippen molar-refractivity contribution < 1.29 is 28.8 Å². The number of benzene rings is 6. The van der Waals surface area contributed by atoms with E-state index in [2.05, 4.69) is 6.92 Å². The van der Waals surface area contributed by atoms with Crippen molar-refractivity contribution in [1.82, 2.24) is 0 Å². The van der Waals surface area contributed by atoms with E-state index in [4.69, 9.17) is 52.0 Å². The van der Waals surface area contributed by atoms with E-state index >= 15 is 0 Å². The molecule has 302 valence electrons. The Morgan fingerprint density at radius 1 is 0.407 bits per heavy atom. The van der Waals surface area contributed by atoms with Crippen LogP contribution in [0.1, 0.15) is 92.7 Å². The number of hydrogen-bond donors (Lipinski definition) is 3. The number of carbonyl (C=O) groups excluding carboxylic acids is 6. The van der Waals surface area contributed by atoms with E-state index in [1.165, 1.54) is 30.7 Å². The van der Waals surface area contributed by atoms with Gasteiger partial charge >= 0.3 is 0 Å². The average Bonchev–Trinajstić information content (AvgIpc) is 3.21. The highest BCUT2D eigenvalue weighted by Gasteiger charge is 2.16. The molecule has 6 aromatic rings. The zero-order chi connectivity index (χ0) is 43.5. The third-order valence-corrected chi connectivity index (χ3v) is 8.93. The molecule has 0 bridgehead atoms. The molecule has 0 aliphatic carbocycles. The molecule has 0 heterocycles. The van der Waals surface area contributed by atoms with Gasteiger partial charge in [0, 0.05) is 63.3 Å². The van der Waals surface area contributed by atoms with Gasteiger partial charge in [-0.3, -0.25) is 28.8 Å². The van der Waals surface area contributed by atoms with Crippen molar-refractivity contribution >= 4 is 84.9 Å². The number of ketones is 3. The van der Waals surface area contributed by atoms with E-state index in [9.17, 15) is 28.8 Å². The Morgan fingerprint density at radius 3 is 1.14 bits per heavy atom. The molecule has 0 aromatic heterocycles. The lowest BCUT2D eigenvalue weighted by Gasteiger charge is -2.09. The Labute approximate surface area is 358 Å². The molecule has 0 saturated heterocycles. The summed E-state index contributed by atoms with van der Waals surface area (Å²) in [4.78, 5) is 70.2. The van der Waals surface area contributed by atoms with Crippen LogP contribution in [0.5, 0.6) is 0 Å². The number of carbonyl (C=O) groups is 6. The lowest BCUT2D eigenvalue weighted by molar-refractivity contribution is 0.0989. The second-order valence-corrected chi connectivity index (χ2v) is 13.9. The third kappa shape index (κ3) is 16.5. The Kier molecular flexibility index (Phi) is 18.9. The van der Waals surface area contributed by atoms with Gasteiger partial charge in [0.2, 0.25) is 0 Å². The number of anilines is 3. The highest BCUT2D eigenvalue weighted by Crippen LogP contribution is 2.19. The van der Waals surface area contributed by atoms with Crippen LogP contribution >= 0.6 is 34.8 Å². The summed E-state index contributed by atoms with van der Waals surface area (Å²) in [5.74, 6) is -0.377. The summed E-state index contributed by atoms with van der Waals surface area (Å²) in [6, 6.07) is 42.4. The molecule has 6 rings (SSSR count). The predicted octanol–water partition coefficient (Wildman–Crippen LogP) is 10.2. The first-order chi connectivity index (χ1) is 28.1. The molecule has 0 unspecified atom stereocenters. The third-order valence-electron chi connectivity index (χ3n) is 8.28. The predicted molar refractivity (Wildman–Crippen MR) is 238 cm³/mol. The lowest BCUT2D eigenvalue weighted by atomic mass is 9.94. The number of Topliss-reactive ketones (excluding diaryl/α,β-unsaturated/α-hetero) is 3. The summed E-state index contributed by atoms with van der Waals surface area (Å²) in [6.07, 6.45) is 1.37. The van der Waals surface area contributed by atoms with E-state index in [1.807, 2.05) is 91.0 Å². The number of para-hydroxylation sites is 1. The monoisotopic (exact) mass is 849 g/mol. The normalized spacial score (nSPS) is 9.92. The first-order valence-electron chi connectivity index (χ1n) is 18.1. The van der Waals surface area contributed by atoms with Crippen LogP contribution in [0, 0.1) is 0 Å². The fraction of sp³-hybridized carbons (Fsp3) is 0.106.